The SMILES string of the molecule is O=C(/C=C/c1cc2ccccc2o1)N1CCN(Cc2cn3ccccc3n2)CC1. The third kappa shape index (κ3) is 3.79. The van der Waals surface area contributed by atoms with Gasteiger partial charge in [-0.3, -0.25) is 9.69 Å². The van der Waals surface area contributed by atoms with Crippen LogP contribution in [0.3, 0.4) is 0 Å². The number of carbonyl (C=O) groups excluding carboxylic acids is 1. The molecule has 0 saturated carbocycles. The Morgan fingerprint density at radius 1 is 1.07 bits per heavy atom. The van der Waals surface area contributed by atoms with E-state index in [1.807, 2.05) is 64.0 Å². The second kappa shape index (κ2) is 7.56. The van der Waals surface area contributed by atoms with Crippen molar-refractivity contribution in [2.75, 3.05) is 26.2 Å². The quantitative estimate of drug-likeness (QED) is 0.504. The zero-order valence-electron chi connectivity index (χ0n) is 16.1. The summed E-state index contributed by atoms with van der Waals surface area (Å²) < 4.78 is 7.78. The Labute approximate surface area is 168 Å². The van der Waals surface area contributed by atoms with Gasteiger partial charge in [-0.05, 0) is 30.3 Å². The molecule has 1 aromatic carbocycles. The van der Waals surface area contributed by atoms with Crippen molar-refractivity contribution in [2.24, 2.45) is 0 Å². The minimum atomic E-state index is 0.0258. The smallest absolute Gasteiger partial charge is 0.246 e. The molecule has 0 radical (unpaired) electrons. The van der Waals surface area contributed by atoms with Crippen LogP contribution in [0, 0.1) is 0 Å². The van der Waals surface area contributed by atoms with Crippen molar-refractivity contribution in [3.8, 4) is 0 Å². The molecule has 1 fully saturated rings. The summed E-state index contributed by atoms with van der Waals surface area (Å²) in [5, 5.41) is 1.04. The van der Waals surface area contributed by atoms with Gasteiger partial charge in [0.2, 0.25) is 5.91 Å². The molecule has 146 valence electrons. The van der Waals surface area contributed by atoms with Gasteiger partial charge in [0.1, 0.15) is 17.0 Å². The zero-order chi connectivity index (χ0) is 19.6. The van der Waals surface area contributed by atoms with Crippen LogP contribution in [0.4, 0.5) is 0 Å². The van der Waals surface area contributed by atoms with Gasteiger partial charge in [0.05, 0.1) is 5.69 Å². The van der Waals surface area contributed by atoms with Gasteiger partial charge in [0.15, 0.2) is 0 Å². The first-order valence-corrected chi connectivity index (χ1v) is 9.85. The molecule has 0 bridgehead atoms. The maximum absolute atomic E-state index is 12.5. The molecule has 4 heterocycles. The predicted octanol–water partition coefficient (Wildman–Crippen LogP) is 3.44. The third-order valence-electron chi connectivity index (χ3n) is 5.32. The van der Waals surface area contributed by atoms with E-state index in [1.54, 1.807) is 12.2 Å². The number of furan rings is 1. The van der Waals surface area contributed by atoms with E-state index in [4.69, 9.17) is 4.42 Å². The van der Waals surface area contributed by atoms with E-state index in [2.05, 4.69) is 16.1 Å². The summed E-state index contributed by atoms with van der Waals surface area (Å²) in [5.74, 6) is 0.725. The molecule has 29 heavy (non-hydrogen) atoms. The topological polar surface area (TPSA) is 54.0 Å². The van der Waals surface area contributed by atoms with Crippen LogP contribution in [0.15, 0.2) is 71.4 Å². The van der Waals surface area contributed by atoms with Crippen molar-refractivity contribution in [3.05, 3.63) is 78.5 Å². The molecule has 0 unspecified atom stereocenters. The predicted molar refractivity (Wildman–Crippen MR) is 112 cm³/mol. The molecule has 0 N–H and O–H groups in total. The first-order chi connectivity index (χ1) is 14.2. The molecular weight excluding hydrogens is 364 g/mol. The molecule has 1 aliphatic heterocycles. The minimum absolute atomic E-state index is 0.0258. The van der Waals surface area contributed by atoms with Gasteiger partial charge in [-0.1, -0.05) is 24.3 Å². The number of benzene rings is 1. The number of hydrogen-bond donors (Lipinski definition) is 0. The summed E-state index contributed by atoms with van der Waals surface area (Å²) in [6.45, 7) is 3.93. The number of para-hydroxylation sites is 1. The fraction of sp³-hybridized carbons (Fsp3) is 0.217. The van der Waals surface area contributed by atoms with Crippen molar-refractivity contribution < 1.29 is 9.21 Å². The van der Waals surface area contributed by atoms with Gasteiger partial charge in [-0.2, -0.15) is 0 Å². The van der Waals surface area contributed by atoms with Crippen LogP contribution < -0.4 is 0 Å². The number of imidazole rings is 1. The number of carbonyl (C=O) groups is 1. The van der Waals surface area contributed by atoms with E-state index >= 15 is 0 Å². The van der Waals surface area contributed by atoms with Gasteiger partial charge in [-0.15, -0.1) is 0 Å². The van der Waals surface area contributed by atoms with Crippen LogP contribution in [-0.4, -0.2) is 51.3 Å². The highest BCUT2D eigenvalue weighted by Crippen LogP contribution is 2.20. The molecule has 0 spiro atoms. The number of aromatic nitrogens is 2. The second-order valence-electron chi connectivity index (χ2n) is 7.32. The van der Waals surface area contributed by atoms with Gasteiger partial charge in [0.25, 0.3) is 0 Å². The van der Waals surface area contributed by atoms with Crippen LogP contribution in [0.1, 0.15) is 11.5 Å². The lowest BCUT2D eigenvalue weighted by molar-refractivity contribution is -0.127. The number of fused-ring (bicyclic) bond motifs is 2. The molecule has 4 aromatic rings. The monoisotopic (exact) mass is 386 g/mol. The Morgan fingerprint density at radius 3 is 2.72 bits per heavy atom. The lowest BCUT2D eigenvalue weighted by Gasteiger charge is -2.33. The molecule has 1 amide bonds. The van der Waals surface area contributed by atoms with Crippen LogP contribution in [0.5, 0.6) is 0 Å². The van der Waals surface area contributed by atoms with E-state index in [0.717, 1.165) is 55.0 Å². The second-order valence-corrected chi connectivity index (χ2v) is 7.32. The minimum Gasteiger partial charge on any atom is -0.457 e. The Bertz CT molecular complexity index is 1120. The summed E-state index contributed by atoms with van der Waals surface area (Å²) in [4.78, 5) is 21.4. The van der Waals surface area contributed by atoms with Crippen molar-refractivity contribution in [1.82, 2.24) is 19.2 Å². The summed E-state index contributed by atoms with van der Waals surface area (Å²) in [7, 11) is 0. The van der Waals surface area contributed by atoms with Crippen LogP contribution in [0.2, 0.25) is 0 Å². The normalized spacial score (nSPS) is 15.7. The maximum atomic E-state index is 12.5. The van der Waals surface area contributed by atoms with Crippen LogP contribution in [-0.2, 0) is 11.3 Å². The Balaban J connectivity index is 1.17. The number of pyridine rings is 1. The average molecular weight is 386 g/mol. The van der Waals surface area contributed by atoms with E-state index in [-0.39, 0.29) is 5.91 Å². The van der Waals surface area contributed by atoms with Gasteiger partial charge >= 0.3 is 0 Å². The number of piperazine rings is 1. The standard InChI is InChI=1S/C23H22N4O2/c28-23(9-8-20-15-18-5-1-2-6-21(18)29-20)26-13-11-25(12-14-26)16-19-17-27-10-4-3-7-22(27)24-19/h1-10,15,17H,11-14,16H2/b9-8+. The van der Waals surface area contributed by atoms with E-state index in [9.17, 15) is 4.79 Å². The van der Waals surface area contributed by atoms with Gasteiger partial charge in [-0.25, -0.2) is 4.98 Å². The number of amides is 1. The molecule has 1 saturated heterocycles. The first-order valence-electron chi connectivity index (χ1n) is 9.85. The molecule has 1 aliphatic rings. The third-order valence-corrected chi connectivity index (χ3v) is 5.32. The maximum Gasteiger partial charge on any atom is 0.246 e. The van der Waals surface area contributed by atoms with E-state index in [1.165, 1.54) is 0 Å². The lowest BCUT2D eigenvalue weighted by atomic mass is 10.2. The van der Waals surface area contributed by atoms with Crippen molar-refractivity contribution in [3.63, 3.8) is 0 Å². The number of rotatable bonds is 4. The summed E-state index contributed by atoms with van der Waals surface area (Å²) in [5.41, 5.74) is 2.85. The molecule has 3 aromatic heterocycles. The van der Waals surface area contributed by atoms with E-state index in [0.29, 0.717) is 5.76 Å². The highest BCUT2D eigenvalue weighted by atomic mass is 16.3. The number of hydrogen-bond acceptors (Lipinski definition) is 4. The van der Waals surface area contributed by atoms with Crippen molar-refractivity contribution in [2.45, 2.75) is 6.54 Å². The van der Waals surface area contributed by atoms with Crippen molar-refractivity contribution in [1.29, 1.82) is 0 Å². The first kappa shape index (κ1) is 17.7. The average Bonchev–Trinajstić information content (AvgIpc) is 3.35. The molecule has 6 nitrogen and oxygen atoms in total. The summed E-state index contributed by atoms with van der Waals surface area (Å²) in [6.07, 6.45) is 7.45. The summed E-state index contributed by atoms with van der Waals surface area (Å²) in [6, 6.07) is 15.8. The molecule has 6 heteroatoms. The number of nitrogens with zero attached hydrogens (tertiary/aromatic N) is 4. The lowest BCUT2D eigenvalue weighted by Crippen LogP contribution is -2.47. The van der Waals surface area contributed by atoms with Gasteiger partial charge < -0.3 is 13.7 Å². The Kier molecular flexibility index (Phi) is 4.62. The molecular formula is C23H22N4O2. The zero-order valence-corrected chi connectivity index (χ0v) is 16.1. The molecule has 5 rings (SSSR count). The fourth-order valence-electron chi connectivity index (χ4n) is 3.76. The summed E-state index contributed by atoms with van der Waals surface area (Å²) >= 11 is 0. The molecule has 0 aliphatic carbocycles. The van der Waals surface area contributed by atoms with E-state index < -0.39 is 0 Å². The van der Waals surface area contributed by atoms with Crippen LogP contribution >= 0.6 is 0 Å². The highest BCUT2D eigenvalue weighted by molar-refractivity contribution is 5.92. The highest BCUT2D eigenvalue weighted by Gasteiger charge is 2.20. The molecule has 0 atom stereocenters. The van der Waals surface area contributed by atoms with Crippen LogP contribution in [0.25, 0.3) is 22.7 Å². The largest absolute Gasteiger partial charge is 0.457 e. The Hall–Kier alpha value is -3.38. The fourth-order valence-corrected chi connectivity index (χ4v) is 3.76. The Morgan fingerprint density at radius 2 is 1.90 bits per heavy atom. The van der Waals surface area contributed by atoms with Gasteiger partial charge in [0, 0.05) is 56.6 Å². The van der Waals surface area contributed by atoms with Crippen molar-refractivity contribution >= 4 is 28.6 Å².